The lowest BCUT2D eigenvalue weighted by Crippen LogP contribution is -2.24. The maximum atomic E-state index is 12.1. The lowest BCUT2D eigenvalue weighted by Gasteiger charge is -2.27. The average molecular weight is 350 g/mol. The minimum Gasteiger partial charge on any atom is -0.374 e. The molecule has 3 rings (SSSR count). The predicted molar refractivity (Wildman–Crippen MR) is 106 cm³/mol. The van der Waals surface area contributed by atoms with Crippen LogP contribution in [0.3, 0.4) is 0 Å². The number of anilines is 2. The Morgan fingerprint density at radius 3 is 2.65 bits per heavy atom. The fraction of sp³-hybridized carbons (Fsp3) is 0.381. The zero-order chi connectivity index (χ0) is 18.7. The van der Waals surface area contributed by atoms with Gasteiger partial charge in [0.1, 0.15) is 5.82 Å². The van der Waals surface area contributed by atoms with E-state index in [2.05, 4.69) is 60.1 Å². The van der Waals surface area contributed by atoms with Gasteiger partial charge in [-0.15, -0.1) is 0 Å². The number of benzene rings is 1. The Kier molecular flexibility index (Phi) is 5.07. The lowest BCUT2D eigenvalue weighted by atomic mass is 9.96. The quantitative estimate of drug-likeness (QED) is 0.855. The Bertz CT molecular complexity index is 819. The first-order chi connectivity index (χ1) is 12.3. The summed E-state index contributed by atoms with van der Waals surface area (Å²) in [5.74, 6) is 0.567. The number of aromatic nitrogens is 2. The first-order valence-corrected chi connectivity index (χ1v) is 8.98. The number of amides is 1. The molecule has 1 N–H and O–H groups in total. The van der Waals surface area contributed by atoms with Gasteiger partial charge in [0.2, 0.25) is 5.91 Å². The second-order valence-electron chi connectivity index (χ2n) is 7.78. The van der Waals surface area contributed by atoms with Gasteiger partial charge in [0, 0.05) is 30.8 Å². The molecule has 1 aromatic carbocycles. The summed E-state index contributed by atoms with van der Waals surface area (Å²) in [7, 11) is 2.12. The molecule has 26 heavy (non-hydrogen) atoms. The number of fused-ring (bicyclic) bond motifs is 1. The zero-order valence-corrected chi connectivity index (χ0v) is 15.9. The van der Waals surface area contributed by atoms with Crippen LogP contribution >= 0.6 is 0 Å². The van der Waals surface area contributed by atoms with E-state index in [9.17, 15) is 4.79 Å². The second-order valence-corrected chi connectivity index (χ2v) is 7.78. The molecule has 1 aliphatic rings. The molecule has 5 nitrogen and oxygen atoms in total. The van der Waals surface area contributed by atoms with Crippen molar-refractivity contribution in [2.45, 2.75) is 39.0 Å². The van der Waals surface area contributed by atoms with Crippen LogP contribution in [0.25, 0.3) is 6.08 Å². The molecule has 0 saturated heterocycles. The maximum absolute atomic E-state index is 12.1. The standard InChI is InChI=1S/C21H26N4O/c1-21(2,3)20-22-13-17(14-23-20)24-19(26)10-8-15-7-9-18-16(12-15)6-5-11-25(18)4/h7-10,12-14H,5-6,11H2,1-4H3,(H,24,26). The molecule has 136 valence electrons. The molecule has 1 aliphatic heterocycles. The summed E-state index contributed by atoms with van der Waals surface area (Å²) < 4.78 is 0. The molecule has 0 atom stereocenters. The van der Waals surface area contributed by atoms with Gasteiger partial charge >= 0.3 is 0 Å². The van der Waals surface area contributed by atoms with E-state index in [4.69, 9.17) is 0 Å². The third kappa shape index (κ3) is 4.28. The molecule has 0 spiro atoms. The Labute approximate surface area is 155 Å². The van der Waals surface area contributed by atoms with E-state index in [0.717, 1.165) is 24.4 Å². The van der Waals surface area contributed by atoms with Gasteiger partial charge in [0.15, 0.2) is 0 Å². The van der Waals surface area contributed by atoms with E-state index in [-0.39, 0.29) is 11.3 Å². The largest absolute Gasteiger partial charge is 0.374 e. The van der Waals surface area contributed by atoms with Crippen LogP contribution in [0.5, 0.6) is 0 Å². The highest BCUT2D eigenvalue weighted by atomic mass is 16.1. The molecule has 0 bridgehead atoms. The van der Waals surface area contributed by atoms with Gasteiger partial charge in [-0.25, -0.2) is 9.97 Å². The van der Waals surface area contributed by atoms with Crippen molar-refractivity contribution in [2.75, 3.05) is 23.8 Å². The van der Waals surface area contributed by atoms with Crippen LogP contribution in [0, 0.1) is 0 Å². The summed E-state index contributed by atoms with van der Waals surface area (Å²) in [5, 5.41) is 2.80. The molecule has 0 saturated carbocycles. The van der Waals surface area contributed by atoms with Gasteiger partial charge in [-0.3, -0.25) is 4.79 Å². The van der Waals surface area contributed by atoms with Crippen molar-refractivity contribution in [1.29, 1.82) is 0 Å². The number of carbonyl (C=O) groups excluding carboxylic acids is 1. The van der Waals surface area contributed by atoms with Crippen molar-refractivity contribution in [3.8, 4) is 0 Å². The fourth-order valence-corrected chi connectivity index (χ4v) is 3.04. The van der Waals surface area contributed by atoms with Crippen molar-refractivity contribution in [3.05, 3.63) is 53.6 Å². The van der Waals surface area contributed by atoms with Gasteiger partial charge in [-0.2, -0.15) is 0 Å². The minimum absolute atomic E-state index is 0.108. The van der Waals surface area contributed by atoms with Gasteiger partial charge in [0.05, 0.1) is 18.1 Å². The van der Waals surface area contributed by atoms with Crippen LogP contribution in [0.1, 0.15) is 44.1 Å². The second kappa shape index (κ2) is 7.28. The summed E-state index contributed by atoms with van der Waals surface area (Å²) in [4.78, 5) is 23.1. The summed E-state index contributed by atoms with van der Waals surface area (Å²) in [6.45, 7) is 7.26. The Morgan fingerprint density at radius 1 is 1.23 bits per heavy atom. The smallest absolute Gasteiger partial charge is 0.248 e. The van der Waals surface area contributed by atoms with E-state index in [1.54, 1.807) is 18.5 Å². The maximum Gasteiger partial charge on any atom is 0.248 e. The molecule has 1 aromatic heterocycles. The number of hydrogen-bond donors (Lipinski definition) is 1. The number of nitrogens with one attached hydrogen (secondary N) is 1. The first-order valence-electron chi connectivity index (χ1n) is 8.98. The first kappa shape index (κ1) is 18.1. The van der Waals surface area contributed by atoms with Crippen LogP contribution in [-0.2, 0) is 16.6 Å². The molecule has 2 heterocycles. The molecule has 5 heteroatoms. The topological polar surface area (TPSA) is 58.1 Å². The van der Waals surface area contributed by atoms with Crippen LogP contribution in [0.2, 0.25) is 0 Å². The number of hydrogen-bond acceptors (Lipinski definition) is 4. The molecule has 0 fully saturated rings. The third-order valence-corrected chi connectivity index (χ3v) is 4.47. The summed E-state index contributed by atoms with van der Waals surface area (Å²) in [6, 6.07) is 6.34. The molecule has 1 amide bonds. The summed E-state index contributed by atoms with van der Waals surface area (Å²) >= 11 is 0. The number of carbonyl (C=O) groups is 1. The normalized spacial score (nSPS) is 14.4. The minimum atomic E-state index is -0.188. The highest BCUT2D eigenvalue weighted by molar-refractivity contribution is 6.01. The number of rotatable bonds is 3. The van der Waals surface area contributed by atoms with Crippen LogP contribution in [0.15, 0.2) is 36.7 Å². The van der Waals surface area contributed by atoms with Crippen molar-refractivity contribution >= 4 is 23.4 Å². The van der Waals surface area contributed by atoms with Crippen LogP contribution in [0.4, 0.5) is 11.4 Å². The molecule has 2 aromatic rings. The van der Waals surface area contributed by atoms with E-state index < -0.39 is 0 Å². The van der Waals surface area contributed by atoms with Crippen LogP contribution < -0.4 is 10.2 Å². The van der Waals surface area contributed by atoms with Crippen molar-refractivity contribution < 1.29 is 4.79 Å². The van der Waals surface area contributed by atoms with E-state index in [0.29, 0.717) is 5.69 Å². The van der Waals surface area contributed by atoms with Crippen molar-refractivity contribution in [1.82, 2.24) is 9.97 Å². The molecule has 0 unspecified atom stereocenters. The SMILES string of the molecule is CN1CCCc2cc(C=CC(=O)Nc3cnc(C(C)(C)C)nc3)ccc21. The summed E-state index contributed by atoms with van der Waals surface area (Å²) in [6.07, 6.45) is 8.94. The Morgan fingerprint density at radius 2 is 1.96 bits per heavy atom. The number of nitrogens with zero attached hydrogens (tertiary/aromatic N) is 3. The molecular weight excluding hydrogens is 324 g/mol. The van der Waals surface area contributed by atoms with Crippen molar-refractivity contribution in [2.24, 2.45) is 0 Å². The third-order valence-electron chi connectivity index (χ3n) is 4.47. The Balaban J connectivity index is 1.64. The lowest BCUT2D eigenvalue weighted by molar-refractivity contribution is -0.111. The predicted octanol–water partition coefficient (Wildman–Crippen LogP) is 3.81. The van der Waals surface area contributed by atoms with Gasteiger partial charge < -0.3 is 10.2 Å². The van der Waals surface area contributed by atoms with E-state index in [1.165, 1.54) is 17.7 Å². The summed E-state index contributed by atoms with van der Waals surface area (Å²) in [5.41, 5.74) is 4.15. The fourth-order valence-electron chi connectivity index (χ4n) is 3.04. The molecular formula is C21H26N4O. The highest BCUT2D eigenvalue weighted by Gasteiger charge is 2.17. The van der Waals surface area contributed by atoms with Gasteiger partial charge in [-0.05, 0) is 42.2 Å². The van der Waals surface area contributed by atoms with E-state index >= 15 is 0 Å². The van der Waals surface area contributed by atoms with Gasteiger partial charge in [0.25, 0.3) is 0 Å². The monoisotopic (exact) mass is 350 g/mol. The zero-order valence-electron chi connectivity index (χ0n) is 15.9. The van der Waals surface area contributed by atoms with E-state index in [1.807, 2.05) is 12.1 Å². The Hall–Kier alpha value is -2.69. The van der Waals surface area contributed by atoms with Crippen molar-refractivity contribution in [3.63, 3.8) is 0 Å². The number of aryl methyl sites for hydroxylation is 1. The molecule has 0 radical (unpaired) electrons. The molecule has 0 aliphatic carbocycles. The van der Waals surface area contributed by atoms with Crippen LogP contribution in [-0.4, -0.2) is 29.5 Å². The van der Waals surface area contributed by atoms with Gasteiger partial charge in [-0.1, -0.05) is 26.8 Å². The average Bonchev–Trinajstić information content (AvgIpc) is 2.60. The highest BCUT2D eigenvalue weighted by Crippen LogP contribution is 2.27.